The topological polar surface area (TPSA) is 77.8 Å². The van der Waals surface area contributed by atoms with Crippen LogP contribution in [0.2, 0.25) is 0 Å². The van der Waals surface area contributed by atoms with Gasteiger partial charge in [0.05, 0.1) is 23.9 Å². The van der Waals surface area contributed by atoms with Crippen LogP contribution in [0, 0.1) is 0 Å². The molecule has 0 unspecified atom stereocenters. The van der Waals surface area contributed by atoms with Crippen molar-refractivity contribution in [1.82, 2.24) is 25.0 Å². The molecule has 7 nitrogen and oxygen atoms in total. The summed E-state index contributed by atoms with van der Waals surface area (Å²) >= 11 is 0. The molecule has 0 atom stereocenters. The molecule has 1 fully saturated rings. The van der Waals surface area contributed by atoms with E-state index in [-0.39, 0.29) is 18.9 Å². The number of benzene rings is 1. The van der Waals surface area contributed by atoms with Gasteiger partial charge in [-0.15, -0.1) is 5.10 Å². The molecule has 0 saturated heterocycles. The Morgan fingerprint density at radius 3 is 2.74 bits per heavy atom. The lowest BCUT2D eigenvalue weighted by atomic mass is 9.92. The predicted octanol–water partition coefficient (Wildman–Crippen LogP) is 5.25. The number of allylic oxidation sites excluding steroid dienone is 1. The highest BCUT2D eigenvalue weighted by Crippen LogP contribution is 2.38. The first kappa shape index (κ1) is 23.5. The minimum absolute atomic E-state index is 0.122. The van der Waals surface area contributed by atoms with E-state index in [0.29, 0.717) is 42.1 Å². The standard InChI is InChI=1S/C24H26F4N6O/c1-35-22-21-16(14-6-7-17-19(12-14)34(33-32-17)13-20(25)26)4-2-3-5-18(21)30-23(31-22)29-15-8-10-24(27,28)11-9-15/h4,6-7,12,15,20H,2-3,5,8-11,13H2,1H3,(H,29,30,31). The fraction of sp³-hybridized carbons (Fsp3) is 0.500. The zero-order valence-electron chi connectivity index (χ0n) is 19.3. The van der Waals surface area contributed by atoms with Crippen molar-refractivity contribution in [1.29, 1.82) is 0 Å². The van der Waals surface area contributed by atoms with E-state index in [9.17, 15) is 17.6 Å². The van der Waals surface area contributed by atoms with Crippen LogP contribution in [-0.2, 0) is 13.0 Å². The summed E-state index contributed by atoms with van der Waals surface area (Å²) in [5.41, 5.74) is 4.24. The number of aryl methyl sites for hydroxylation is 1. The molecule has 5 rings (SSSR count). The lowest BCUT2D eigenvalue weighted by Crippen LogP contribution is -2.32. The van der Waals surface area contributed by atoms with Gasteiger partial charge in [-0.05, 0) is 55.4 Å². The van der Waals surface area contributed by atoms with Crippen molar-refractivity contribution in [3.8, 4) is 5.88 Å². The first-order valence-corrected chi connectivity index (χ1v) is 11.7. The molecule has 1 N–H and O–H groups in total. The summed E-state index contributed by atoms with van der Waals surface area (Å²) in [4.78, 5) is 9.30. The highest BCUT2D eigenvalue weighted by Gasteiger charge is 2.35. The van der Waals surface area contributed by atoms with Crippen molar-refractivity contribution in [2.75, 3.05) is 12.4 Å². The zero-order valence-corrected chi connectivity index (χ0v) is 19.3. The second-order valence-corrected chi connectivity index (χ2v) is 9.03. The van der Waals surface area contributed by atoms with Crippen LogP contribution < -0.4 is 10.1 Å². The SMILES string of the molecule is COc1nc(NC2CCC(F)(F)CC2)nc2c1C(c1ccc3nnn(CC(F)F)c3c1)=CCCC2. The normalized spacial score (nSPS) is 18.3. The Balaban J connectivity index is 1.50. The first-order valence-electron chi connectivity index (χ1n) is 11.7. The number of rotatable bonds is 6. The molecular weight excluding hydrogens is 464 g/mol. The van der Waals surface area contributed by atoms with Crippen molar-refractivity contribution in [2.24, 2.45) is 0 Å². The van der Waals surface area contributed by atoms with E-state index in [4.69, 9.17) is 9.72 Å². The first-order chi connectivity index (χ1) is 16.8. The van der Waals surface area contributed by atoms with Crippen LogP contribution in [-0.4, -0.2) is 50.5 Å². The van der Waals surface area contributed by atoms with Crippen LogP contribution in [0.5, 0.6) is 5.88 Å². The van der Waals surface area contributed by atoms with Gasteiger partial charge in [-0.1, -0.05) is 17.4 Å². The predicted molar refractivity (Wildman–Crippen MR) is 123 cm³/mol. The largest absolute Gasteiger partial charge is 0.480 e. The number of nitrogens with zero attached hydrogens (tertiary/aromatic N) is 5. The van der Waals surface area contributed by atoms with Crippen LogP contribution in [0.25, 0.3) is 16.6 Å². The van der Waals surface area contributed by atoms with Gasteiger partial charge in [-0.3, -0.25) is 0 Å². The molecule has 11 heteroatoms. The van der Waals surface area contributed by atoms with E-state index in [0.717, 1.165) is 35.2 Å². The Hall–Kier alpha value is -3.24. The average molecular weight is 491 g/mol. The molecule has 1 saturated carbocycles. The summed E-state index contributed by atoms with van der Waals surface area (Å²) in [5.74, 6) is -1.86. The monoisotopic (exact) mass is 490 g/mol. The van der Waals surface area contributed by atoms with E-state index in [2.05, 4.69) is 26.7 Å². The Labute approximate surface area is 199 Å². The van der Waals surface area contributed by atoms with Crippen molar-refractivity contribution < 1.29 is 22.3 Å². The van der Waals surface area contributed by atoms with Crippen LogP contribution >= 0.6 is 0 Å². The third-order valence-corrected chi connectivity index (χ3v) is 6.57. The van der Waals surface area contributed by atoms with E-state index in [1.54, 1.807) is 12.1 Å². The number of nitrogens with one attached hydrogen (secondary N) is 1. The van der Waals surface area contributed by atoms with Crippen LogP contribution in [0.3, 0.4) is 0 Å². The van der Waals surface area contributed by atoms with Gasteiger partial charge < -0.3 is 10.1 Å². The number of halogens is 4. The van der Waals surface area contributed by atoms with Crippen molar-refractivity contribution in [3.05, 3.63) is 41.1 Å². The van der Waals surface area contributed by atoms with E-state index in [1.807, 2.05) is 6.07 Å². The Kier molecular flexibility index (Phi) is 6.33. The summed E-state index contributed by atoms with van der Waals surface area (Å²) in [6.07, 6.45) is 2.27. The molecule has 0 bridgehead atoms. The lowest BCUT2D eigenvalue weighted by molar-refractivity contribution is -0.0361. The highest BCUT2D eigenvalue weighted by atomic mass is 19.3. The zero-order chi connectivity index (χ0) is 24.6. The molecule has 0 spiro atoms. The van der Waals surface area contributed by atoms with Gasteiger partial charge in [0.15, 0.2) is 0 Å². The smallest absolute Gasteiger partial charge is 0.258 e. The molecular formula is C24H26F4N6O. The van der Waals surface area contributed by atoms with Crippen molar-refractivity contribution >= 4 is 22.6 Å². The van der Waals surface area contributed by atoms with Crippen LogP contribution in [0.1, 0.15) is 55.3 Å². The van der Waals surface area contributed by atoms with Gasteiger partial charge in [0.25, 0.3) is 6.43 Å². The number of hydrogen-bond acceptors (Lipinski definition) is 6. The summed E-state index contributed by atoms with van der Waals surface area (Å²) in [6, 6.07) is 5.31. The summed E-state index contributed by atoms with van der Waals surface area (Å²) in [5, 5.41) is 11.1. The van der Waals surface area contributed by atoms with Crippen molar-refractivity contribution in [3.63, 3.8) is 0 Å². The second-order valence-electron chi connectivity index (χ2n) is 9.03. The Morgan fingerprint density at radius 2 is 2.00 bits per heavy atom. The number of anilines is 1. The van der Waals surface area contributed by atoms with Crippen LogP contribution in [0.4, 0.5) is 23.5 Å². The van der Waals surface area contributed by atoms with Gasteiger partial charge >= 0.3 is 0 Å². The average Bonchev–Trinajstić information content (AvgIpc) is 3.08. The van der Waals surface area contributed by atoms with Gasteiger partial charge in [0.2, 0.25) is 17.8 Å². The van der Waals surface area contributed by atoms with E-state index < -0.39 is 18.9 Å². The Morgan fingerprint density at radius 1 is 1.20 bits per heavy atom. The minimum atomic E-state index is -2.61. The number of fused-ring (bicyclic) bond motifs is 2. The number of methoxy groups -OCH3 is 1. The maximum Gasteiger partial charge on any atom is 0.258 e. The molecule has 3 aromatic rings. The molecule has 186 valence electrons. The van der Waals surface area contributed by atoms with E-state index >= 15 is 0 Å². The molecule has 2 heterocycles. The van der Waals surface area contributed by atoms with Gasteiger partial charge in [0, 0.05) is 18.9 Å². The van der Waals surface area contributed by atoms with E-state index in [1.165, 1.54) is 11.8 Å². The molecule has 2 aliphatic rings. The van der Waals surface area contributed by atoms with Crippen molar-refractivity contribution in [2.45, 2.75) is 69.9 Å². The Bertz CT molecular complexity index is 1250. The molecule has 2 aromatic heterocycles. The number of ether oxygens (including phenoxy) is 1. The lowest BCUT2D eigenvalue weighted by Gasteiger charge is -2.29. The van der Waals surface area contributed by atoms with Gasteiger partial charge in [-0.25, -0.2) is 27.2 Å². The molecule has 2 aliphatic carbocycles. The molecule has 35 heavy (non-hydrogen) atoms. The second kappa shape index (κ2) is 9.43. The summed E-state index contributed by atoms with van der Waals surface area (Å²) < 4.78 is 59.9. The number of hydrogen-bond donors (Lipinski definition) is 1. The molecule has 1 aromatic carbocycles. The highest BCUT2D eigenvalue weighted by molar-refractivity contribution is 5.88. The molecule has 0 radical (unpaired) electrons. The number of aromatic nitrogens is 5. The molecule has 0 aliphatic heterocycles. The van der Waals surface area contributed by atoms with Gasteiger partial charge in [-0.2, -0.15) is 4.98 Å². The maximum atomic E-state index is 13.5. The van der Waals surface area contributed by atoms with Gasteiger partial charge in [0.1, 0.15) is 12.1 Å². The molecule has 0 amide bonds. The fourth-order valence-corrected chi connectivity index (χ4v) is 4.79. The minimum Gasteiger partial charge on any atom is -0.480 e. The fourth-order valence-electron chi connectivity index (χ4n) is 4.79. The third-order valence-electron chi connectivity index (χ3n) is 6.57. The quantitative estimate of drug-likeness (QED) is 0.476. The maximum absolute atomic E-state index is 13.5. The number of alkyl halides is 4. The van der Waals surface area contributed by atoms with Crippen LogP contribution in [0.15, 0.2) is 24.3 Å². The summed E-state index contributed by atoms with van der Waals surface area (Å²) in [7, 11) is 1.53. The summed E-state index contributed by atoms with van der Waals surface area (Å²) in [6.45, 7) is -0.538. The third kappa shape index (κ3) is 4.94.